The van der Waals surface area contributed by atoms with Gasteiger partial charge < -0.3 is 19.7 Å². The number of aryl methyl sites for hydroxylation is 1. The smallest absolute Gasteiger partial charge is 0.262 e. The van der Waals surface area contributed by atoms with Crippen LogP contribution in [0.3, 0.4) is 0 Å². The standard InChI is InChI=1S/C22H26N2O3S/c1-15-7-6-8-18(16(15)2)23-21(25)14-27-19-10-9-17(13-20(19)26-3)22(28)24-11-4-5-12-24/h6-10,13H,4-5,11-12,14H2,1-3H3,(H,23,25). The first kappa shape index (κ1) is 20.1. The molecule has 2 aromatic rings. The number of thiocarbonyl (C=S) groups is 1. The summed E-state index contributed by atoms with van der Waals surface area (Å²) < 4.78 is 11.1. The lowest BCUT2D eigenvalue weighted by Crippen LogP contribution is -2.26. The van der Waals surface area contributed by atoms with Gasteiger partial charge in [-0.05, 0) is 62.1 Å². The zero-order valence-corrected chi connectivity index (χ0v) is 17.4. The van der Waals surface area contributed by atoms with Crippen molar-refractivity contribution in [2.45, 2.75) is 26.7 Å². The number of methoxy groups -OCH3 is 1. The Hall–Kier alpha value is -2.60. The summed E-state index contributed by atoms with van der Waals surface area (Å²) in [6.07, 6.45) is 2.35. The highest BCUT2D eigenvalue weighted by Crippen LogP contribution is 2.29. The number of carbonyl (C=O) groups excluding carboxylic acids is 1. The van der Waals surface area contributed by atoms with Crippen molar-refractivity contribution in [1.29, 1.82) is 0 Å². The van der Waals surface area contributed by atoms with Gasteiger partial charge in [-0.25, -0.2) is 0 Å². The molecule has 1 aliphatic rings. The van der Waals surface area contributed by atoms with Crippen molar-refractivity contribution < 1.29 is 14.3 Å². The minimum atomic E-state index is -0.215. The van der Waals surface area contributed by atoms with Gasteiger partial charge in [0.25, 0.3) is 5.91 Å². The van der Waals surface area contributed by atoms with Crippen LogP contribution in [-0.4, -0.2) is 42.6 Å². The van der Waals surface area contributed by atoms with E-state index in [-0.39, 0.29) is 12.5 Å². The number of hydrogen-bond acceptors (Lipinski definition) is 4. The van der Waals surface area contributed by atoms with Crippen LogP contribution in [0.1, 0.15) is 29.5 Å². The molecule has 1 fully saturated rings. The van der Waals surface area contributed by atoms with Crippen LogP contribution in [-0.2, 0) is 4.79 Å². The highest BCUT2D eigenvalue weighted by atomic mass is 32.1. The first-order valence-corrected chi connectivity index (χ1v) is 9.86. The van der Waals surface area contributed by atoms with Gasteiger partial charge in [0.15, 0.2) is 18.1 Å². The summed E-state index contributed by atoms with van der Waals surface area (Å²) in [5, 5.41) is 2.89. The summed E-state index contributed by atoms with van der Waals surface area (Å²) in [5.41, 5.74) is 3.91. The number of likely N-dealkylation sites (tertiary alicyclic amines) is 1. The molecule has 1 amide bonds. The van der Waals surface area contributed by atoms with Crippen molar-refractivity contribution in [2.75, 3.05) is 32.1 Å². The molecule has 3 rings (SSSR count). The average Bonchev–Trinajstić information content (AvgIpc) is 3.24. The summed E-state index contributed by atoms with van der Waals surface area (Å²) in [5.74, 6) is 0.873. The minimum Gasteiger partial charge on any atom is -0.493 e. The second-order valence-electron chi connectivity index (χ2n) is 6.95. The Labute approximate surface area is 171 Å². The van der Waals surface area contributed by atoms with E-state index in [9.17, 15) is 4.79 Å². The quantitative estimate of drug-likeness (QED) is 0.743. The van der Waals surface area contributed by atoms with E-state index in [1.165, 1.54) is 12.8 Å². The van der Waals surface area contributed by atoms with Gasteiger partial charge in [0.05, 0.1) is 7.11 Å². The molecule has 0 spiro atoms. The molecule has 6 heteroatoms. The maximum absolute atomic E-state index is 12.3. The third-order valence-corrected chi connectivity index (χ3v) is 5.54. The van der Waals surface area contributed by atoms with Crippen LogP contribution >= 0.6 is 12.2 Å². The van der Waals surface area contributed by atoms with Crippen LogP contribution in [0, 0.1) is 13.8 Å². The molecule has 0 bridgehead atoms. The van der Waals surface area contributed by atoms with Crippen molar-refractivity contribution in [2.24, 2.45) is 0 Å². The number of anilines is 1. The fourth-order valence-corrected chi connectivity index (χ4v) is 3.55. The lowest BCUT2D eigenvalue weighted by atomic mass is 10.1. The Bertz CT molecular complexity index is 876. The highest BCUT2D eigenvalue weighted by molar-refractivity contribution is 7.80. The predicted molar refractivity (Wildman–Crippen MR) is 116 cm³/mol. The van der Waals surface area contributed by atoms with Crippen molar-refractivity contribution in [3.05, 3.63) is 53.1 Å². The maximum atomic E-state index is 12.3. The Morgan fingerprint density at radius 2 is 1.89 bits per heavy atom. The van der Waals surface area contributed by atoms with E-state index in [0.29, 0.717) is 11.5 Å². The molecule has 0 radical (unpaired) electrons. The van der Waals surface area contributed by atoms with E-state index in [1.807, 2.05) is 50.2 Å². The molecule has 1 saturated heterocycles. The molecule has 1 heterocycles. The number of hydrogen-bond donors (Lipinski definition) is 1. The van der Waals surface area contributed by atoms with Gasteiger partial charge in [0.1, 0.15) is 4.99 Å². The molecule has 0 unspecified atom stereocenters. The number of amides is 1. The van der Waals surface area contributed by atoms with Crippen molar-refractivity contribution >= 4 is 28.8 Å². The molecule has 0 saturated carbocycles. The fraction of sp³-hybridized carbons (Fsp3) is 0.364. The molecule has 0 atom stereocenters. The second kappa shape index (κ2) is 9.06. The van der Waals surface area contributed by atoms with E-state index in [4.69, 9.17) is 21.7 Å². The van der Waals surface area contributed by atoms with Gasteiger partial charge in [-0.15, -0.1) is 0 Å². The Kier molecular flexibility index (Phi) is 6.52. The summed E-state index contributed by atoms with van der Waals surface area (Å²) in [6, 6.07) is 11.4. The molecule has 0 aliphatic carbocycles. The van der Waals surface area contributed by atoms with E-state index >= 15 is 0 Å². The lowest BCUT2D eigenvalue weighted by molar-refractivity contribution is -0.118. The largest absolute Gasteiger partial charge is 0.493 e. The minimum absolute atomic E-state index is 0.0976. The summed E-state index contributed by atoms with van der Waals surface area (Å²) in [4.78, 5) is 15.3. The monoisotopic (exact) mass is 398 g/mol. The molecule has 1 aliphatic heterocycles. The highest BCUT2D eigenvalue weighted by Gasteiger charge is 2.18. The zero-order chi connectivity index (χ0) is 20.1. The van der Waals surface area contributed by atoms with E-state index in [2.05, 4.69) is 10.2 Å². The number of nitrogens with one attached hydrogen (secondary N) is 1. The third-order valence-electron chi connectivity index (χ3n) is 5.04. The molecule has 28 heavy (non-hydrogen) atoms. The number of ether oxygens (including phenoxy) is 2. The van der Waals surface area contributed by atoms with Crippen LogP contribution in [0.4, 0.5) is 5.69 Å². The Morgan fingerprint density at radius 1 is 1.14 bits per heavy atom. The molecule has 148 valence electrons. The molecular weight excluding hydrogens is 372 g/mol. The number of rotatable bonds is 6. The van der Waals surface area contributed by atoms with Gasteiger partial charge in [-0.2, -0.15) is 0 Å². The predicted octanol–water partition coefficient (Wildman–Crippen LogP) is 4.10. The van der Waals surface area contributed by atoms with Crippen molar-refractivity contribution in [1.82, 2.24) is 4.90 Å². The topological polar surface area (TPSA) is 50.8 Å². The fourth-order valence-electron chi connectivity index (χ4n) is 3.24. The van der Waals surface area contributed by atoms with Crippen LogP contribution < -0.4 is 14.8 Å². The Morgan fingerprint density at radius 3 is 2.61 bits per heavy atom. The first-order valence-electron chi connectivity index (χ1n) is 9.46. The van der Waals surface area contributed by atoms with Crippen molar-refractivity contribution in [3.63, 3.8) is 0 Å². The van der Waals surface area contributed by atoms with E-state index in [0.717, 1.165) is 40.5 Å². The third kappa shape index (κ3) is 4.62. The Balaban J connectivity index is 1.64. The molecule has 2 aromatic carbocycles. The lowest BCUT2D eigenvalue weighted by Gasteiger charge is -2.19. The number of benzene rings is 2. The van der Waals surface area contributed by atoms with Crippen LogP contribution in [0.5, 0.6) is 11.5 Å². The van der Waals surface area contributed by atoms with Crippen LogP contribution in [0.2, 0.25) is 0 Å². The number of carbonyl (C=O) groups is 1. The maximum Gasteiger partial charge on any atom is 0.262 e. The normalized spacial score (nSPS) is 13.3. The molecule has 5 nitrogen and oxygen atoms in total. The average molecular weight is 399 g/mol. The van der Waals surface area contributed by atoms with Crippen LogP contribution in [0.25, 0.3) is 0 Å². The molecule has 0 aromatic heterocycles. The number of nitrogens with zero attached hydrogens (tertiary/aromatic N) is 1. The zero-order valence-electron chi connectivity index (χ0n) is 16.6. The van der Waals surface area contributed by atoms with E-state index in [1.54, 1.807) is 7.11 Å². The second-order valence-corrected chi connectivity index (χ2v) is 7.34. The van der Waals surface area contributed by atoms with E-state index < -0.39 is 0 Å². The van der Waals surface area contributed by atoms with Gasteiger partial charge in [0, 0.05) is 24.3 Å². The van der Waals surface area contributed by atoms with Gasteiger partial charge in [0.2, 0.25) is 0 Å². The summed E-state index contributed by atoms with van der Waals surface area (Å²) in [7, 11) is 1.58. The van der Waals surface area contributed by atoms with Crippen LogP contribution in [0.15, 0.2) is 36.4 Å². The molecular formula is C22H26N2O3S. The van der Waals surface area contributed by atoms with Crippen molar-refractivity contribution in [3.8, 4) is 11.5 Å². The van der Waals surface area contributed by atoms with Gasteiger partial charge >= 0.3 is 0 Å². The summed E-state index contributed by atoms with van der Waals surface area (Å²) >= 11 is 5.60. The van der Waals surface area contributed by atoms with Gasteiger partial charge in [-0.3, -0.25) is 4.79 Å². The molecule has 1 N–H and O–H groups in total. The van der Waals surface area contributed by atoms with Gasteiger partial charge in [-0.1, -0.05) is 24.4 Å². The first-order chi connectivity index (χ1) is 13.5. The SMILES string of the molecule is COc1cc(C(=S)N2CCCC2)ccc1OCC(=O)Nc1cccc(C)c1C. The summed E-state index contributed by atoms with van der Waals surface area (Å²) in [6.45, 7) is 5.90.